The van der Waals surface area contributed by atoms with Crippen LogP contribution in [0.1, 0.15) is 431 Å². The lowest BCUT2D eigenvalue weighted by Gasteiger charge is -2.20. The quantitative estimate of drug-likeness (QED) is 0.0320. The number of rotatable bonds is 73. The lowest BCUT2D eigenvalue weighted by atomic mass is 10.0. The molecule has 0 aromatic rings. The minimum absolute atomic E-state index is 0.00697. The third-order valence-electron chi connectivity index (χ3n) is 18.2. The van der Waals surface area contributed by atoms with Crippen molar-refractivity contribution < 1.29 is 24.5 Å². The van der Waals surface area contributed by atoms with Crippen molar-refractivity contribution in [3.8, 4) is 0 Å². The molecule has 0 aliphatic carbocycles. The summed E-state index contributed by atoms with van der Waals surface area (Å²) >= 11 is 0. The Morgan fingerprint density at radius 3 is 0.906 bits per heavy atom. The highest BCUT2D eigenvalue weighted by Gasteiger charge is 2.18. The molecule has 0 heterocycles. The third-order valence-corrected chi connectivity index (χ3v) is 18.2. The molecule has 0 bridgehead atoms. The molecule has 0 radical (unpaired) electrons. The molecule has 3 N–H and O–H groups in total. The maximum atomic E-state index is 12.5. The number of ether oxygens (including phenoxy) is 1. The first-order valence-electron chi connectivity index (χ1n) is 38.8. The molecule has 85 heavy (non-hydrogen) atoms. The van der Waals surface area contributed by atoms with Crippen molar-refractivity contribution in [2.24, 2.45) is 0 Å². The van der Waals surface area contributed by atoms with Crippen LogP contribution < -0.4 is 5.32 Å². The van der Waals surface area contributed by atoms with Gasteiger partial charge >= 0.3 is 5.97 Å². The van der Waals surface area contributed by atoms with Crippen LogP contribution in [0.15, 0.2) is 36.5 Å². The average molecular weight is 1200 g/mol. The van der Waals surface area contributed by atoms with Crippen LogP contribution in [0.25, 0.3) is 0 Å². The third kappa shape index (κ3) is 71.0. The van der Waals surface area contributed by atoms with Gasteiger partial charge in [0.25, 0.3) is 0 Å². The monoisotopic (exact) mass is 1190 g/mol. The Hall–Kier alpha value is -1.92. The predicted octanol–water partition coefficient (Wildman–Crippen LogP) is 25.4. The Morgan fingerprint density at radius 2 is 0.588 bits per heavy atom. The van der Waals surface area contributed by atoms with Crippen LogP contribution in [-0.4, -0.2) is 47.4 Å². The van der Waals surface area contributed by atoms with Gasteiger partial charge in [-0.15, -0.1) is 0 Å². The molecule has 6 nitrogen and oxygen atoms in total. The van der Waals surface area contributed by atoms with Gasteiger partial charge in [-0.05, 0) is 64.2 Å². The van der Waals surface area contributed by atoms with Gasteiger partial charge in [0.2, 0.25) is 5.91 Å². The second kappa shape index (κ2) is 74.5. The smallest absolute Gasteiger partial charge is 0.305 e. The van der Waals surface area contributed by atoms with Crippen LogP contribution in [0.2, 0.25) is 0 Å². The van der Waals surface area contributed by atoms with Gasteiger partial charge < -0.3 is 20.3 Å². The number of nitrogens with one attached hydrogen (secondary N) is 1. The standard InChI is InChI=1S/C79H151NO5/c1-3-5-7-9-11-13-15-17-19-21-22-23-34-37-40-43-47-51-55-59-63-67-71-77(82)76(75-81)80-78(83)72-68-64-60-56-52-48-44-41-38-35-32-30-28-26-24-25-27-29-31-33-36-39-42-46-50-54-58-62-66-70-74-85-79(84)73-69-65-61-57-53-49-45-20-18-16-14-12-10-8-6-4-2/h14,16,20,45,67,71,76-77,81-82H,3-13,15,17-19,21-44,46-66,68-70,72-75H2,1-2H3,(H,80,83)/b16-14-,45-20-,71-67+. The van der Waals surface area contributed by atoms with Crippen LogP contribution in [0, 0.1) is 0 Å². The van der Waals surface area contributed by atoms with Crippen molar-refractivity contribution in [2.45, 2.75) is 443 Å². The van der Waals surface area contributed by atoms with E-state index in [4.69, 9.17) is 4.74 Å². The van der Waals surface area contributed by atoms with E-state index in [9.17, 15) is 19.8 Å². The Balaban J connectivity index is 3.36. The van der Waals surface area contributed by atoms with Crippen LogP contribution >= 0.6 is 0 Å². The number of unbranched alkanes of at least 4 members (excludes halogenated alkanes) is 58. The van der Waals surface area contributed by atoms with Crippen molar-refractivity contribution in [1.82, 2.24) is 5.32 Å². The van der Waals surface area contributed by atoms with Crippen LogP contribution in [-0.2, 0) is 14.3 Å². The largest absolute Gasteiger partial charge is 0.466 e. The zero-order chi connectivity index (χ0) is 61.3. The van der Waals surface area contributed by atoms with E-state index in [2.05, 4.69) is 43.5 Å². The highest BCUT2D eigenvalue weighted by Crippen LogP contribution is 2.20. The molecule has 0 saturated heterocycles. The van der Waals surface area contributed by atoms with E-state index < -0.39 is 12.1 Å². The van der Waals surface area contributed by atoms with Gasteiger partial charge in [0.05, 0.1) is 25.4 Å². The van der Waals surface area contributed by atoms with Crippen molar-refractivity contribution in [3.05, 3.63) is 36.5 Å². The first kappa shape index (κ1) is 83.1. The van der Waals surface area contributed by atoms with Gasteiger partial charge in [0.15, 0.2) is 0 Å². The second-order valence-electron chi connectivity index (χ2n) is 26.7. The van der Waals surface area contributed by atoms with Crippen LogP contribution in [0.4, 0.5) is 0 Å². The van der Waals surface area contributed by atoms with E-state index >= 15 is 0 Å². The number of hydrogen-bond acceptors (Lipinski definition) is 5. The summed E-state index contributed by atoms with van der Waals surface area (Å²) in [6.07, 6.45) is 96.8. The van der Waals surface area contributed by atoms with E-state index in [-0.39, 0.29) is 18.5 Å². The number of aliphatic hydroxyl groups excluding tert-OH is 2. The first-order chi connectivity index (χ1) is 42.0. The molecule has 502 valence electrons. The van der Waals surface area contributed by atoms with Gasteiger partial charge in [-0.1, -0.05) is 391 Å². The summed E-state index contributed by atoms with van der Waals surface area (Å²) in [6, 6.07) is -0.626. The first-order valence-corrected chi connectivity index (χ1v) is 38.8. The number of hydrogen-bond donors (Lipinski definition) is 3. The number of carbonyl (C=O) groups is 2. The SMILES string of the molecule is CCCCCC/C=C\C/C=C\CCCCCCCC(=O)OCCCCCCCCCCCCCCCCCCCCCCCCCCCCCCCCC(=O)NC(CO)C(O)/C=C/CCCCCCCCCCCCCCCCCCCCCC. The Labute approximate surface area is 532 Å². The molecule has 6 heteroatoms. The fourth-order valence-electron chi connectivity index (χ4n) is 12.3. The molecule has 0 spiro atoms. The van der Waals surface area contributed by atoms with Crippen molar-refractivity contribution in [2.75, 3.05) is 13.2 Å². The summed E-state index contributed by atoms with van der Waals surface area (Å²) in [5.41, 5.74) is 0. The van der Waals surface area contributed by atoms with E-state index in [0.29, 0.717) is 19.4 Å². The highest BCUT2D eigenvalue weighted by molar-refractivity contribution is 5.76. The summed E-state index contributed by atoms with van der Waals surface area (Å²) in [4.78, 5) is 24.6. The topological polar surface area (TPSA) is 95.9 Å². The molecule has 0 aromatic carbocycles. The van der Waals surface area contributed by atoms with E-state index in [1.165, 1.54) is 353 Å². The minimum atomic E-state index is -0.843. The summed E-state index contributed by atoms with van der Waals surface area (Å²) in [7, 11) is 0. The van der Waals surface area contributed by atoms with Crippen molar-refractivity contribution in [1.29, 1.82) is 0 Å². The van der Waals surface area contributed by atoms with E-state index in [1.807, 2.05) is 6.08 Å². The molecule has 0 aromatic heterocycles. The summed E-state index contributed by atoms with van der Waals surface area (Å²) < 4.78 is 5.50. The molecule has 0 aliphatic rings. The molecule has 0 rings (SSSR count). The van der Waals surface area contributed by atoms with Crippen LogP contribution in [0.3, 0.4) is 0 Å². The maximum absolute atomic E-state index is 12.5. The van der Waals surface area contributed by atoms with E-state index in [1.54, 1.807) is 6.08 Å². The number of allylic oxidation sites excluding steroid dienone is 5. The minimum Gasteiger partial charge on any atom is -0.466 e. The average Bonchev–Trinajstić information content (AvgIpc) is 3.51. The molecular weight excluding hydrogens is 1040 g/mol. The Morgan fingerprint density at radius 1 is 0.329 bits per heavy atom. The maximum Gasteiger partial charge on any atom is 0.305 e. The van der Waals surface area contributed by atoms with Gasteiger partial charge in [-0.2, -0.15) is 0 Å². The summed E-state index contributed by atoms with van der Waals surface area (Å²) in [6.45, 7) is 4.93. The number of esters is 1. The molecule has 2 unspecified atom stereocenters. The fraction of sp³-hybridized carbons (Fsp3) is 0.899. The molecule has 2 atom stereocenters. The lowest BCUT2D eigenvalue weighted by molar-refractivity contribution is -0.143. The zero-order valence-electron chi connectivity index (χ0n) is 57.6. The summed E-state index contributed by atoms with van der Waals surface area (Å²) in [5, 5.41) is 23.3. The van der Waals surface area contributed by atoms with Crippen molar-refractivity contribution in [3.63, 3.8) is 0 Å². The molecule has 0 saturated carbocycles. The van der Waals surface area contributed by atoms with Gasteiger partial charge in [-0.25, -0.2) is 0 Å². The Bertz CT molecular complexity index is 1380. The van der Waals surface area contributed by atoms with Gasteiger partial charge in [-0.3, -0.25) is 9.59 Å². The van der Waals surface area contributed by atoms with Gasteiger partial charge in [0, 0.05) is 12.8 Å². The van der Waals surface area contributed by atoms with E-state index in [0.717, 1.165) is 51.4 Å². The molecular formula is C79H151NO5. The highest BCUT2D eigenvalue weighted by atomic mass is 16.5. The fourth-order valence-corrected chi connectivity index (χ4v) is 12.3. The molecule has 0 fully saturated rings. The zero-order valence-corrected chi connectivity index (χ0v) is 57.6. The lowest BCUT2D eigenvalue weighted by Crippen LogP contribution is -2.45. The predicted molar refractivity (Wildman–Crippen MR) is 375 cm³/mol. The van der Waals surface area contributed by atoms with Gasteiger partial charge in [0.1, 0.15) is 0 Å². The molecule has 1 amide bonds. The van der Waals surface area contributed by atoms with Crippen LogP contribution in [0.5, 0.6) is 0 Å². The number of aliphatic hydroxyl groups is 2. The normalized spacial score (nSPS) is 12.7. The number of amides is 1. The Kier molecular flexibility index (Phi) is 72.9. The number of carbonyl (C=O) groups excluding carboxylic acids is 2. The molecule has 0 aliphatic heterocycles. The second-order valence-corrected chi connectivity index (χ2v) is 26.7. The van der Waals surface area contributed by atoms with Crippen molar-refractivity contribution >= 4 is 11.9 Å². The summed E-state index contributed by atoms with van der Waals surface area (Å²) in [5.74, 6) is -0.0527.